The lowest BCUT2D eigenvalue weighted by Crippen LogP contribution is -2.08. The van der Waals surface area contributed by atoms with Crippen LogP contribution in [0.5, 0.6) is 0 Å². The molecule has 1 unspecified atom stereocenters. The average molecular weight is 245 g/mol. The second kappa shape index (κ2) is 5.23. The van der Waals surface area contributed by atoms with Gasteiger partial charge in [0, 0.05) is 19.7 Å². The van der Waals surface area contributed by atoms with Crippen molar-refractivity contribution in [3.8, 4) is 11.1 Å². The number of anilines is 1. The highest BCUT2D eigenvalue weighted by Crippen LogP contribution is 2.25. The molecule has 2 aromatic rings. The molecule has 1 aromatic heterocycles. The number of methoxy groups -OCH3 is 1. The van der Waals surface area contributed by atoms with E-state index in [0.29, 0.717) is 5.82 Å². The summed E-state index contributed by atoms with van der Waals surface area (Å²) in [5.41, 5.74) is 9.28. The number of nitrogen functional groups attached to an aromatic ring is 1. The van der Waals surface area contributed by atoms with Crippen molar-refractivity contribution < 1.29 is 4.74 Å². The van der Waals surface area contributed by atoms with E-state index in [9.17, 15) is 0 Å². The zero-order chi connectivity index (χ0) is 13.1. The summed E-state index contributed by atoms with van der Waals surface area (Å²) < 4.78 is 6.93. The van der Waals surface area contributed by atoms with Gasteiger partial charge in [0.2, 0.25) is 0 Å². The fraction of sp³-hybridized carbons (Fsp3) is 0.357. The normalized spacial score (nSPS) is 12.6. The van der Waals surface area contributed by atoms with Gasteiger partial charge in [-0.1, -0.05) is 24.3 Å². The number of aromatic nitrogens is 2. The third-order valence-electron chi connectivity index (χ3n) is 3.18. The summed E-state index contributed by atoms with van der Waals surface area (Å²) in [4.78, 5) is 0. The Morgan fingerprint density at radius 2 is 2.00 bits per heavy atom. The molecule has 0 bridgehead atoms. The van der Waals surface area contributed by atoms with Crippen molar-refractivity contribution in [1.29, 1.82) is 0 Å². The quantitative estimate of drug-likeness (QED) is 0.898. The Hall–Kier alpha value is -1.81. The maximum atomic E-state index is 5.96. The van der Waals surface area contributed by atoms with E-state index in [4.69, 9.17) is 10.5 Å². The third kappa shape index (κ3) is 2.54. The van der Waals surface area contributed by atoms with E-state index in [-0.39, 0.29) is 6.10 Å². The van der Waals surface area contributed by atoms with Crippen LogP contribution in [0.1, 0.15) is 12.5 Å². The molecule has 1 heterocycles. The average Bonchev–Trinajstić information content (AvgIpc) is 2.71. The monoisotopic (exact) mass is 245 g/mol. The number of nitrogens with zero attached hydrogens (tertiary/aromatic N) is 2. The van der Waals surface area contributed by atoms with E-state index in [1.165, 1.54) is 5.56 Å². The molecule has 1 atom stereocenters. The molecule has 0 spiro atoms. The largest absolute Gasteiger partial charge is 0.383 e. The van der Waals surface area contributed by atoms with Gasteiger partial charge < -0.3 is 10.5 Å². The van der Waals surface area contributed by atoms with E-state index in [2.05, 4.69) is 36.3 Å². The topological polar surface area (TPSA) is 53.1 Å². The zero-order valence-electron chi connectivity index (χ0n) is 11.1. The van der Waals surface area contributed by atoms with Gasteiger partial charge in [0.15, 0.2) is 0 Å². The SMILES string of the molecule is COC(C)Cc1ccc(-c2cnn(C)c2N)cc1. The molecule has 0 aliphatic carbocycles. The molecule has 0 aliphatic heterocycles. The minimum Gasteiger partial charge on any atom is -0.383 e. The van der Waals surface area contributed by atoms with Crippen LogP contribution in [-0.2, 0) is 18.2 Å². The number of hydrogen-bond acceptors (Lipinski definition) is 3. The maximum Gasteiger partial charge on any atom is 0.129 e. The van der Waals surface area contributed by atoms with E-state index in [1.54, 1.807) is 18.0 Å². The summed E-state index contributed by atoms with van der Waals surface area (Å²) in [6.07, 6.45) is 2.95. The summed E-state index contributed by atoms with van der Waals surface area (Å²) in [5.74, 6) is 0.688. The summed E-state index contributed by atoms with van der Waals surface area (Å²) >= 11 is 0. The Morgan fingerprint density at radius 3 is 2.50 bits per heavy atom. The fourth-order valence-electron chi connectivity index (χ4n) is 1.91. The molecule has 0 radical (unpaired) electrons. The Bertz CT molecular complexity index is 516. The van der Waals surface area contributed by atoms with Gasteiger partial charge in [-0.2, -0.15) is 5.10 Å². The highest BCUT2D eigenvalue weighted by molar-refractivity contribution is 5.73. The van der Waals surface area contributed by atoms with Crippen LogP contribution >= 0.6 is 0 Å². The van der Waals surface area contributed by atoms with Gasteiger partial charge in [-0.3, -0.25) is 4.68 Å². The molecular weight excluding hydrogens is 226 g/mol. The molecule has 2 rings (SSSR count). The lowest BCUT2D eigenvalue weighted by Gasteiger charge is -2.09. The van der Waals surface area contributed by atoms with E-state index in [1.807, 2.05) is 7.05 Å². The first kappa shape index (κ1) is 12.6. The van der Waals surface area contributed by atoms with E-state index < -0.39 is 0 Å². The molecule has 4 nitrogen and oxygen atoms in total. The van der Waals surface area contributed by atoms with E-state index >= 15 is 0 Å². The van der Waals surface area contributed by atoms with Gasteiger partial charge in [-0.15, -0.1) is 0 Å². The molecule has 4 heteroatoms. The first-order chi connectivity index (χ1) is 8.61. The van der Waals surface area contributed by atoms with Crippen LogP contribution in [0.25, 0.3) is 11.1 Å². The minimum atomic E-state index is 0.235. The van der Waals surface area contributed by atoms with Crippen molar-refractivity contribution in [3.05, 3.63) is 36.0 Å². The maximum absolute atomic E-state index is 5.96. The van der Waals surface area contributed by atoms with Gasteiger partial charge in [-0.05, 0) is 24.5 Å². The van der Waals surface area contributed by atoms with Crippen molar-refractivity contribution in [2.24, 2.45) is 7.05 Å². The summed E-state index contributed by atoms with van der Waals surface area (Å²) in [6, 6.07) is 8.37. The summed E-state index contributed by atoms with van der Waals surface area (Å²) in [6.45, 7) is 2.06. The second-order valence-corrected chi connectivity index (χ2v) is 4.51. The first-order valence-corrected chi connectivity index (χ1v) is 6.01. The van der Waals surface area contributed by atoms with Gasteiger partial charge in [-0.25, -0.2) is 0 Å². The lowest BCUT2D eigenvalue weighted by molar-refractivity contribution is 0.119. The first-order valence-electron chi connectivity index (χ1n) is 6.01. The zero-order valence-corrected chi connectivity index (χ0v) is 11.1. The van der Waals surface area contributed by atoms with Crippen LogP contribution in [0.2, 0.25) is 0 Å². The Balaban J connectivity index is 2.20. The molecule has 0 saturated carbocycles. The van der Waals surface area contributed by atoms with Crippen molar-refractivity contribution in [1.82, 2.24) is 9.78 Å². The highest BCUT2D eigenvalue weighted by atomic mass is 16.5. The number of benzene rings is 1. The van der Waals surface area contributed by atoms with Crippen molar-refractivity contribution in [2.75, 3.05) is 12.8 Å². The molecule has 1 aromatic carbocycles. The smallest absolute Gasteiger partial charge is 0.129 e. The van der Waals surface area contributed by atoms with Crippen LogP contribution in [0.4, 0.5) is 5.82 Å². The molecule has 18 heavy (non-hydrogen) atoms. The number of hydrogen-bond donors (Lipinski definition) is 1. The van der Waals surface area contributed by atoms with Crippen LogP contribution < -0.4 is 5.73 Å². The Labute approximate surface area is 107 Å². The van der Waals surface area contributed by atoms with E-state index in [0.717, 1.165) is 17.5 Å². The number of rotatable bonds is 4. The Kier molecular flexibility index (Phi) is 3.67. The van der Waals surface area contributed by atoms with Crippen LogP contribution in [0.3, 0.4) is 0 Å². The molecular formula is C14H19N3O. The van der Waals surface area contributed by atoms with Crippen LogP contribution in [0, 0.1) is 0 Å². The fourth-order valence-corrected chi connectivity index (χ4v) is 1.91. The molecule has 0 aliphatic rings. The minimum absolute atomic E-state index is 0.235. The Morgan fingerprint density at radius 1 is 1.33 bits per heavy atom. The number of aryl methyl sites for hydroxylation is 1. The molecule has 0 saturated heterocycles. The number of ether oxygens (including phenoxy) is 1. The van der Waals surface area contributed by atoms with Gasteiger partial charge in [0.25, 0.3) is 0 Å². The third-order valence-corrected chi connectivity index (χ3v) is 3.18. The second-order valence-electron chi connectivity index (χ2n) is 4.51. The molecule has 96 valence electrons. The van der Waals surface area contributed by atoms with Crippen LogP contribution in [0.15, 0.2) is 30.5 Å². The number of nitrogens with two attached hydrogens (primary N) is 1. The molecule has 0 amide bonds. The standard InChI is InChI=1S/C14H19N3O/c1-10(18-3)8-11-4-6-12(7-5-11)13-9-16-17(2)14(13)15/h4-7,9-10H,8,15H2,1-3H3. The van der Waals surface area contributed by atoms with Gasteiger partial charge in [0.1, 0.15) is 5.82 Å². The molecule has 2 N–H and O–H groups in total. The summed E-state index contributed by atoms with van der Waals surface area (Å²) in [7, 11) is 3.57. The van der Waals surface area contributed by atoms with Gasteiger partial charge in [0.05, 0.1) is 12.3 Å². The predicted molar refractivity (Wildman–Crippen MR) is 73.2 cm³/mol. The van der Waals surface area contributed by atoms with Crippen molar-refractivity contribution in [3.63, 3.8) is 0 Å². The molecule has 0 fully saturated rings. The highest BCUT2D eigenvalue weighted by Gasteiger charge is 2.07. The van der Waals surface area contributed by atoms with Gasteiger partial charge >= 0.3 is 0 Å². The van der Waals surface area contributed by atoms with Crippen molar-refractivity contribution in [2.45, 2.75) is 19.4 Å². The van der Waals surface area contributed by atoms with Crippen LogP contribution in [-0.4, -0.2) is 23.0 Å². The van der Waals surface area contributed by atoms with Crippen molar-refractivity contribution >= 4 is 5.82 Å². The summed E-state index contributed by atoms with van der Waals surface area (Å²) in [5, 5.41) is 4.15. The lowest BCUT2D eigenvalue weighted by atomic mass is 10.0. The predicted octanol–water partition coefficient (Wildman–Crippen LogP) is 2.25.